The van der Waals surface area contributed by atoms with Gasteiger partial charge in [-0.3, -0.25) is 0 Å². The van der Waals surface area contributed by atoms with E-state index in [4.69, 9.17) is 9.84 Å². The highest BCUT2D eigenvalue weighted by Gasteiger charge is 2.34. The Morgan fingerprint density at radius 3 is 2.07 bits per heavy atom. The lowest BCUT2D eigenvalue weighted by molar-refractivity contribution is 0.197. The van der Waals surface area contributed by atoms with Crippen molar-refractivity contribution in [2.75, 3.05) is 7.11 Å². The molecule has 14 heavy (non-hydrogen) atoms. The summed E-state index contributed by atoms with van der Waals surface area (Å²) in [4.78, 5) is 0. The molecule has 0 radical (unpaired) electrons. The fourth-order valence-electron chi connectivity index (χ4n) is 1.02. The lowest BCUT2D eigenvalue weighted by Gasteiger charge is -2.21. The highest BCUT2D eigenvalue weighted by Crippen LogP contribution is 2.28. The zero-order chi connectivity index (χ0) is 10.8. The highest BCUT2D eigenvalue weighted by molar-refractivity contribution is 6.59. The van der Waals surface area contributed by atoms with Gasteiger partial charge in [0.2, 0.25) is 0 Å². The molecular weight excluding hydrogens is 196 g/mol. The Balaban J connectivity index is 2.87. The standard InChI is InChI=1S/C8H9BF3O2/c1-14-7-4-2-6(3-5-7)8(13)9(10,11)12/h2-5,8,13H,1H3/q-1. The van der Waals surface area contributed by atoms with E-state index in [2.05, 4.69) is 0 Å². The molecule has 0 spiro atoms. The van der Waals surface area contributed by atoms with Gasteiger partial charge < -0.3 is 22.8 Å². The van der Waals surface area contributed by atoms with Gasteiger partial charge in [-0.1, -0.05) is 12.1 Å². The number of ether oxygens (including phenoxy) is 1. The zero-order valence-electron chi connectivity index (χ0n) is 7.45. The summed E-state index contributed by atoms with van der Waals surface area (Å²) in [6, 6.07) is 2.76. The van der Waals surface area contributed by atoms with Gasteiger partial charge >= 0.3 is 6.98 Å². The second kappa shape index (κ2) is 3.92. The Morgan fingerprint density at radius 2 is 1.71 bits per heavy atom. The predicted octanol–water partition coefficient (Wildman–Crippen LogP) is 2.12. The summed E-state index contributed by atoms with van der Waals surface area (Å²) in [5.41, 5.74) is -0.168. The number of hydrogen-bond donors (Lipinski definition) is 1. The van der Waals surface area contributed by atoms with E-state index < -0.39 is 13.0 Å². The lowest BCUT2D eigenvalue weighted by Crippen LogP contribution is -2.26. The zero-order valence-corrected chi connectivity index (χ0v) is 7.45. The molecule has 1 rings (SSSR count). The SMILES string of the molecule is COc1ccc(C(O)[B-](F)(F)F)cc1. The van der Waals surface area contributed by atoms with Crippen LogP contribution in [0.4, 0.5) is 12.9 Å². The molecule has 0 aliphatic heterocycles. The Hall–Kier alpha value is -1.17. The van der Waals surface area contributed by atoms with Crippen molar-refractivity contribution in [3.8, 4) is 5.75 Å². The third kappa shape index (κ3) is 2.41. The summed E-state index contributed by atoms with van der Waals surface area (Å²) < 4.78 is 41.1. The van der Waals surface area contributed by atoms with E-state index in [1.807, 2.05) is 0 Å². The summed E-state index contributed by atoms with van der Waals surface area (Å²) >= 11 is 0. The number of aliphatic hydroxyl groups excluding tert-OH is 1. The van der Waals surface area contributed by atoms with Crippen molar-refractivity contribution >= 4 is 6.98 Å². The minimum atomic E-state index is -5.25. The van der Waals surface area contributed by atoms with Gasteiger partial charge in [0.25, 0.3) is 0 Å². The Morgan fingerprint density at radius 1 is 1.21 bits per heavy atom. The normalized spacial score (nSPS) is 13.8. The van der Waals surface area contributed by atoms with Gasteiger partial charge in [0.1, 0.15) is 5.75 Å². The Labute approximate surface area is 79.4 Å². The number of methoxy groups -OCH3 is 1. The first-order valence-corrected chi connectivity index (χ1v) is 3.97. The fraction of sp³-hybridized carbons (Fsp3) is 0.250. The molecule has 0 aliphatic rings. The summed E-state index contributed by atoms with van der Waals surface area (Å²) in [6.07, 6.45) is 0. The molecule has 0 aliphatic carbocycles. The van der Waals surface area contributed by atoms with Crippen molar-refractivity contribution in [3.63, 3.8) is 0 Å². The van der Waals surface area contributed by atoms with Crippen molar-refractivity contribution in [2.45, 2.75) is 6.00 Å². The Bertz CT molecular complexity index is 296. The molecule has 0 aromatic heterocycles. The van der Waals surface area contributed by atoms with Crippen molar-refractivity contribution in [1.82, 2.24) is 0 Å². The number of halogens is 3. The minimum Gasteiger partial charge on any atom is -0.497 e. The van der Waals surface area contributed by atoms with E-state index in [9.17, 15) is 12.9 Å². The van der Waals surface area contributed by atoms with Crippen LogP contribution in [0.5, 0.6) is 5.75 Å². The highest BCUT2D eigenvalue weighted by atomic mass is 19.4. The van der Waals surface area contributed by atoms with Crippen LogP contribution >= 0.6 is 0 Å². The van der Waals surface area contributed by atoms with E-state index in [1.165, 1.54) is 31.4 Å². The summed E-state index contributed by atoms with van der Waals surface area (Å²) in [7, 11) is 1.42. The van der Waals surface area contributed by atoms with E-state index in [0.717, 1.165) is 0 Å². The molecule has 0 saturated carbocycles. The topological polar surface area (TPSA) is 29.5 Å². The van der Waals surface area contributed by atoms with Crippen LogP contribution in [-0.2, 0) is 0 Å². The molecule has 1 N–H and O–H groups in total. The minimum absolute atomic E-state index is 0.168. The molecular formula is C8H9BF3O2-. The summed E-state index contributed by atoms with van der Waals surface area (Å²) in [5.74, 6) is 0.454. The van der Waals surface area contributed by atoms with Crippen molar-refractivity contribution in [1.29, 1.82) is 0 Å². The van der Waals surface area contributed by atoms with Gasteiger partial charge in [-0.2, -0.15) is 0 Å². The van der Waals surface area contributed by atoms with E-state index in [1.54, 1.807) is 0 Å². The summed E-state index contributed by atoms with van der Waals surface area (Å²) in [5, 5.41) is 8.88. The second-order valence-electron chi connectivity index (χ2n) is 2.84. The number of rotatable bonds is 3. The molecule has 0 heterocycles. The van der Waals surface area contributed by atoms with Crippen molar-refractivity contribution in [2.24, 2.45) is 0 Å². The van der Waals surface area contributed by atoms with E-state index in [-0.39, 0.29) is 5.56 Å². The number of hydrogen-bond acceptors (Lipinski definition) is 2. The summed E-state index contributed by atoms with van der Waals surface area (Å²) in [6.45, 7) is -5.25. The third-order valence-corrected chi connectivity index (χ3v) is 1.82. The van der Waals surface area contributed by atoms with Gasteiger partial charge in [0.15, 0.2) is 0 Å². The van der Waals surface area contributed by atoms with E-state index >= 15 is 0 Å². The molecule has 1 atom stereocenters. The van der Waals surface area contributed by atoms with Crippen LogP contribution in [0.1, 0.15) is 11.6 Å². The number of benzene rings is 1. The average Bonchev–Trinajstić information content (AvgIpc) is 2.15. The maximum atomic E-state index is 12.1. The maximum absolute atomic E-state index is 12.1. The molecule has 6 heteroatoms. The second-order valence-corrected chi connectivity index (χ2v) is 2.84. The molecule has 78 valence electrons. The number of aliphatic hydroxyl groups is 1. The smallest absolute Gasteiger partial charge is 0.497 e. The molecule has 2 nitrogen and oxygen atoms in total. The van der Waals surface area contributed by atoms with Crippen LogP contribution in [0.15, 0.2) is 24.3 Å². The Kier molecular flexibility index (Phi) is 3.05. The lowest BCUT2D eigenvalue weighted by atomic mass is 9.78. The van der Waals surface area contributed by atoms with Gasteiger partial charge in [-0.15, -0.1) is 0 Å². The quantitative estimate of drug-likeness (QED) is 0.765. The van der Waals surface area contributed by atoms with Gasteiger partial charge in [-0.25, -0.2) is 0 Å². The fourth-order valence-corrected chi connectivity index (χ4v) is 1.02. The largest absolute Gasteiger partial charge is 0.510 e. The van der Waals surface area contributed by atoms with Crippen LogP contribution in [0.25, 0.3) is 0 Å². The van der Waals surface area contributed by atoms with Crippen LogP contribution in [0.2, 0.25) is 0 Å². The molecule has 1 unspecified atom stereocenters. The first-order valence-electron chi connectivity index (χ1n) is 3.97. The van der Waals surface area contributed by atoms with Crippen molar-refractivity contribution < 1.29 is 22.8 Å². The third-order valence-electron chi connectivity index (χ3n) is 1.82. The van der Waals surface area contributed by atoms with Gasteiger partial charge in [0.05, 0.1) is 13.1 Å². The monoisotopic (exact) mass is 205 g/mol. The van der Waals surface area contributed by atoms with Crippen LogP contribution in [-0.4, -0.2) is 19.2 Å². The first kappa shape index (κ1) is 10.9. The molecule has 1 aromatic rings. The van der Waals surface area contributed by atoms with Crippen LogP contribution in [0, 0.1) is 0 Å². The average molecular weight is 205 g/mol. The molecule has 0 amide bonds. The van der Waals surface area contributed by atoms with E-state index in [0.29, 0.717) is 5.75 Å². The van der Waals surface area contributed by atoms with Gasteiger partial charge in [0, 0.05) is 0 Å². The van der Waals surface area contributed by atoms with Crippen LogP contribution < -0.4 is 4.74 Å². The maximum Gasteiger partial charge on any atom is 0.510 e. The molecule has 1 aromatic carbocycles. The van der Waals surface area contributed by atoms with Crippen molar-refractivity contribution in [3.05, 3.63) is 29.8 Å². The molecule has 0 bridgehead atoms. The van der Waals surface area contributed by atoms with Crippen LogP contribution in [0.3, 0.4) is 0 Å². The first-order chi connectivity index (χ1) is 6.45. The van der Waals surface area contributed by atoms with Gasteiger partial charge in [-0.05, 0) is 17.7 Å². The molecule has 0 fully saturated rings. The molecule has 0 saturated heterocycles. The predicted molar refractivity (Wildman–Crippen MR) is 47.0 cm³/mol.